The Morgan fingerprint density at radius 1 is 0.406 bits per heavy atom. The zero-order valence-electron chi connectivity index (χ0n) is 40.0. The Hall–Kier alpha value is -6.65. The van der Waals surface area contributed by atoms with Crippen LogP contribution in [0.3, 0.4) is 0 Å². The first kappa shape index (κ1) is 53.3. The van der Waals surface area contributed by atoms with E-state index >= 15 is 0 Å². The van der Waals surface area contributed by atoms with E-state index in [0.717, 1.165) is 35.5 Å². The Labute approximate surface area is 412 Å². The second kappa shape index (κ2) is 30.7. The molecule has 0 fully saturated rings. The second-order valence-corrected chi connectivity index (χ2v) is 17.1. The molecule has 0 aromatic heterocycles. The SMILES string of the molecule is CCCCCCCCCCOc1ccc(/C=C/C(=O)Oc2ccc(C(=O)Oc3ccc(Cl)c(OC(=O)c4ccc(OC(=O)/C=C/c5ccc(OCCCCCCCCCC)cc5)cc4)c3)cc2)cc1. The highest BCUT2D eigenvalue weighted by atomic mass is 35.5. The molecule has 364 valence electrons. The van der Waals surface area contributed by atoms with Crippen LogP contribution in [0.1, 0.15) is 148 Å². The third-order valence-corrected chi connectivity index (χ3v) is 11.4. The number of carbonyl (C=O) groups is 4. The fourth-order valence-electron chi connectivity index (χ4n) is 7.10. The summed E-state index contributed by atoms with van der Waals surface area (Å²) in [6.07, 6.45) is 25.9. The molecule has 5 aromatic carbocycles. The van der Waals surface area contributed by atoms with Crippen molar-refractivity contribution in [2.24, 2.45) is 0 Å². The van der Waals surface area contributed by atoms with Gasteiger partial charge in [-0.2, -0.15) is 0 Å². The molecule has 0 saturated heterocycles. The molecule has 0 heterocycles. The van der Waals surface area contributed by atoms with Gasteiger partial charge in [0.2, 0.25) is 0 Å². The van der Waals surface area contributed by atoms with Crippen molar-refractivity contribution >= 4 is 47.6 Å². The quantitative estimate of drug-likeness (QED) is 0.0190. The molecule has 0 unspecified atom stereocenters. The third kappa shape index (κ3) is 20.6. The highest BCUT2D eigenvalue weighted by Gasteiger charge is 2.16. The van der Waals surface area contributed by atoms with Crippen molar-refractivity contribution in [3.05, 3.63) is 155 Å². The van der Waals surface area contributed by atoms with Crippen LogP contribution in [-0.2, 0) is 9.59 Å². The zero-order valence-corrected chi connectivity index (χ0v) is 40.7. The summed E-state index contributed by atoms with van der Waals surface area (Å²) in [6, 6.07) is 30.9. The first-order chi connectivity index (χ1) is 33.7. The molecule has 0 N–H and O–H groups in total. The van der Waals surface area contributed by atoms with Gasteiger partial charge in [0, 0.05) is 18.2 Å². The van der Waals surface area contributed by atoms with E-state index in [4.69, 9.17) is 40.0 Å². The molecule has 0 aliphatic carbocycles. The maximum Gasteiger partial charge on any atom is 0.343 e. The predicted octanol–water partition coefficient (Wildman–Crippen LogP) is 15.1. The molecule has 0 radical (unpaired) electrons. The minimum atomic E-state index is -0.740. The molecule has 0 spiro atoms. The maximum atomic E-state index is 13.0. The molecular weight excluding hydrogens is 892 g/mol. The van der Waals surface area contributed by atoms with E-state index < -0.39 is 23.9 Å². The molecule has 0 amide bonds. The summed E-state index contributed by atoms with van der Waals surface area (Å²) in [7, 11) is 0. The van der Waals surface area contributed by atoms with Gasteiger partial charge < -0.3 is 28.4 Å². The largest absolute Gasteiger partial charge is 0.494 e. The van der Waals surface area contributed by atoms with E-state index in [1.54, 1.807) is 12.2 Å². The average Bonchev–Trinajstić information content (AvgIpc) is 3.36. The van der Waals surface area contributed by atoms with Crippen molar-refractivity contribution in [1.82, 2.24) is 0 Å². The van der Waals surface area contributed by atoms with Gasteiger partial charge in [-0.25, -0.2) is 19.2 Å². The number of unbranched alkanes of at least 4 members (excludes halogenated alkanes) is 14. The fraction of sp³-hybridized carbons (Fsp3) is 0.345. The molecule has 0 atom stereocenters. The van der Waals surface area contributed by atoms with Crippen LogP contribution >= 0.6 is 11.6 Å². The van der Waals surface area contributed by atoms with Crippen LogP contribution in [0.4, 0.5) is 0 Å². The summed E-state index contributed by atoms with van der Waals surface area (Å²) < 4.78 is 33.6. The Balaban J connectivity index is 1.00. The van der Waals surface area contributed by atoms with Crippen molar-refractivity contribution in [1.29, 1.82) is 0 Å². The summed E-state index contributed by atoms with van der Waals surface area (Å²) in [4.78, 5) is 51.1. The lowest BCUT2D eigenvalue weighted by atomic mass is 10.1. The Morgan fingerprint density at radius 3 is 1.19 bits per heavy atom. The van der Waals surface area contributed by atoms with E-state index in [9.17, 15) is 19.2 Å². The smallest absolute Gasteiger partial charge is 0.343 e. The van der Waals surface area contributed by atoms with Crippen LogP contribution in [-0.4, -0.2) is 37.1 Å². The molecule has 0 bridgehead atoms. The van der Waals surface area contributed by atoms with Crippen molar-refractivity contribution in [2.75, 3.05) is 13.2 Å². The summed E-state index contributed by atoms with van der Waals surface area (Å²) in [6.45, 7) is 5.82. The van der Waals surface area contributed by atoms with Crippen molar-refractivity contribution in [3.8, 4) is 34.5 Å². The molecule has 0 saturated carbocycles. The van der Waals surface area contributed by atoms with E-state index in [2.05, 4.69) is 13.8 Å². The van der Waals surface area contributed by atoms with Gasteiger partial charge in [0.1, 0.15) is 28.7 Å². The fourth-order valence-corrected chi connectivity index (χ4v) is 7.26. The van der Waals surface area contributed by atoms with Gasteiger partial charge in [0.15, 0.2) is 5.75 Å². The average molecular weight is 958 g/mol. The number of halogens is 1. The molecule has 5 rings (SSSR count). The number of hydrogen-bond donors (Lipinski definition) is 0. The van der Waals surface area contributed by atoms with Crippen LogP contribution in [0.2, 0.25) is 5.02 Å². The first-order valence-electron chi connectivity index (χ1n) is 24.4. The topological polar surface area (TPSA) is 124 Å². The minimum absolute atomic E-state index is 0.0376. The van der Waals surface area contributed by atoms with Crippen molar-refractivity contribution in [3.63, 3.8) is 0 Å². The Morgan fingerprint density at radius 2 is 0.768 bits per heavy atom. The summed E-state index contributed by atoms with van der Waals surface area (Å²) in [5, 5.41) is 0.108. The van der Waals surface area contributed by atoms with Crippen molar-refractivity contribution < 1.29 is 47.6 Å². The Kier molecular flexibility index (Phi) is 23.7. The van der Waals surface area contributed by atoms with Crippen LogP contribution in [0.5, 0.6) is 34.5 Å². The lowest BCUT2D eigenvalue weighted by Crippen LogP contribution is -2.11. The molecule has 0 aliphatic heterocycles. The lowest BCUT2D eigenvalue weighted by Gasteiger charge is -2.10. The summed E-state index contributed by atoms with van der Waals surface area (Å²) >= 11 is 6.32. The van der Waals surface area contributed by atoms with Gasteiger partial charge in [0.25, 0.3) is 0 Å². The number of rotatable bonds is 30. The summed E-state index contributed by atoms with van der Waals surface area (Å²) in [5.74, 6) is -0.543. The maximum absolute atomic E-state index is 13.0. The van der Waals surface area contributed by atoms with Gasteiger partial charge in [-0.05, 0) is 121 Å². The number of benzene rings is 5. The molecule has 5 aromatic rings. The van der Waals surface area contributed by atoms with E-state index in [1.807, 2.05) is 48.5 Å². The molecule has 69 heavy (non-hydrogen) atoms. The Bertz CT molecular complexity index is 2390. The summed E-state index contributed by atoms with van der Waals surface area (Å²) in [5.41, 5.74) is 1.97. The molecular formula is C58H65ClO10. The number of ether oxygens (including phenoxy) is 6. The molecule has 11 heteroatoms. The monoisotopic (exact) mass is 956 g/mol. The minimum Gasteiger partial charge on any atom is -0.494 e. The highest BCUT2D eigenvalue weighted by Crippen LogP contribution is 2.31. The van der Waals surface area contributed by atoms with E-state index in [-0.39, 0.29) is 39.1 Å². The zero-order chi connectivity index (χ0) is 48.9. The normalized spacial score (nSPS) is 11.1. The van der Waals surface area contributed by atoms with Gasteiger partial charge in [-0.1, -0.05) is 140 Å². The second-order valence-electron chi connectivity index (χ2n) is 16.7. The van der Waals surface area contributed by atoms with Gasteiger partial charge in [0.05, 0.1) is 29.4 Å². The lowest BCUT2D eigenvalue weighted by molar-refractivity contribution is -0.129. The molecule has 0 aliphatic rings. The van der Waals surface area contributed by atoms with Gasteiger partial charge >= 0.3 is 23.9 Å². The van der Waals surface area contributed by atoms with Gasteiger partial charge in [-0.15, -0.1) is 0 Å². The molecule has 10 nitrogen and oxygen atoms in total. The van der Waals surface area contributed by atoms with Gasteiger partial charge in [-0.3, -0.25) is 0 Å². The highest BCUT2D eigenvalue weighted by molar-refractivity contribution is 6.32. The number of carbonyl (C=O) groups excluding carboxylic acids is 4. The van der Waals surface area contributed by atoms with E-state index in [0.29, 0.717) is 13.2 Å². The van der Waals surface area contributed by atoms with Crippen LogP contribution in [0.15, 0.2) is 127 Å². The van der Waals surface area contributed by atoms with Crippen molar-refractivity contribution in [2.45, 2.75) is 117 Å². The number of esters is 4. The van der Waals surface area contributed by atoms with Crippen LogP contribution in [0, 0.1) is 0 Å². The van der Waals surface area contributed by atoms with Crippen LogP contribution < -0.4 is 28.4 Å². The van der Waals surface area contributed by atoms with E-state index in [1.165, 1.54) is 169 Å². The predicted molar refractivity (Wildman–Crippen MR) is 273 cm³/mol. The number of hydrogen-bond acceptors (Lipinski definition) is 10. The first-order valence-corrected chi connectivity index (χ1v) is 24.8. The third-order valence-electron chi connectivity index (χ3n) is 11.0. The van der Waals surface area contributed by atoms with Crippen LogP contribution in [0.25, 0.3) is 12.2 Å². The standard InChI is InChI=1S/C58H65ClO10/c1-3-5-7-9-11-13-15-17-41-64-48-29-19-44(20-30-48)23-39-55(60)66-50-33-25-46(26-34-50)57(62)68-52-37-38-53(59)54(43-52)69-58(63)47-27-35-51(36-28-47)67-56(61)40-24-45-21-31-49(32-22-45)65-42-18-16-14-12-10-8-6-4-2/h19-40,43H,3-18,41-42H2,1-2H3/b39-23+,40-24+.